The van der Waals surface area contributed by atoms with Gasteiger partial charge in [0.1, 0.15) is 0 Å². The lowest BCUT2D eigenvalue weighted by molar-refractivity contribution is 0.1000. The predicted octanol–water partition coefficient (Wildman–Crippen LogP) is 4.94. The van der Waals surface area contributed by atoms with Gasteiger partial charge in [0.25, 0.3) is 5.91 Å². The van der Waals surface area contributed by atoms with E-state index in [0.29, 0.717) is 10.8 Å². The molecule has 0 atom stereocenters. The lowest BCUT2D eigenvalue weighted by Crippen LogP contribution is -2.17. The average Bonchev–Trinajstić information content (AvgIpc) is 3.20. The monoisotopic (exact) mass is 409 g/mol. The van der Waals surface area contributed by atoms with Crippen LogP contribution in [0.3, 0.4) is 0 Å². The maximum Gasteiger partial charge on any atom is 0.255 e. The van der Waals surface area contributed by atoms with Crippen molar-refractivity contribution in [1.29, 1.82) is 0 Å². The average molecular weight is 410 g/mol. The van der Waals surface area contributed by atoms with Gasteiger partial charge in [0, 0.05) is 54.1 Å². The van der Waals surface area contributed by atoms with Crippen LogP contribution < -0.4 is 10.3 Å². The summed E-state index contributed by atoms with van der Waals surface area (Å²) >= 11 is 1.98. The highest BCUT2D eigenvalue weighted by Gasteiger charge is 2.15. The minimum Gasteiger partial charge on any atom is -0.381 e. The fourth-order valence-corrected chi connectivity index (χ4v) is 4.68. The molecule has 0 aliphatic carbocycles. The quantitative estimate of drug-likeness (QED) is 0.734. The highest BCUT2D eigenvalue weighted by Crippen LogP contribution is 2.27. The van der Waals surface area contributed by atoms with Gasteiger partial charge >= 0.3 is 0 Å². The second-order valence-electron chi connectivity index (χ2n) is 7.53. The molecule has 5 nitrogen and oxygen atoms in total. The Morgan fingerprint density at radius 1 is 1.21 bits per heavy atom. The van der Waals surface area contributed by atoms with Gasteiger partial charge in [-0.25, -0.2) is 0 Å². The summed E-state index contributed by atoms with van der Waals surface area (Å²) in [6.45, 7) is 4.68. The zero-order valence-corrected chi connectivity index (χ0v) is 17.6. The van der Waals surface area contributed by atoms with Crippen molar-refractivity contribution in [2.24, 2.45) is 5.10 Å². The van der Waals surface area contributed by atoms with Gasteiger partial charge in [-0.15, -0.1) is 0 Å². The van der Waals surface area contributed by atoms with Gasteiger partial charge in [-0.05, 0) is 61.7 Å². The van der Waals surface area contributed by atoms with Gasteiger partial charge in [-0.3, -0.25) is 9.80 Å². The van der Waals surface area contributed by atoms with E-state index in [9.17, 15) is 4.79 Å². The van der Waals surface area contributed by atoms with Crippen molar-refractivity contribution in [2.45, 2.75) is 37.2 Å². The first-order valence-electron chi connectivity index (χ1n) is 10.2. The molecule has 2 aliphatic heterocycles. The van der Waals surface area contributed by atoms with E-state index in [2.05, 4.69) is 22.6 Å². The number of benzene rings is 2. The van der Waals surface area contributed by atoms with E-state index in [1.165, 1.54) is 5.56 Å². The summed E-state index contributed by atoms with van der Waals surface area (Å²) in [6, 6.07) is 15.8. The van der Waals surface area contributed by atoms with Gasteiger partial charge < -0.3 is 10.1 Å². The summed E-state index contributed by atoms with van der Waals surface area (Å²) in [5, 5.41) is 10.2. The predicted molar refractivity (Wildman–Crippen MR) is 121 cm³/mol. The fraction of sp³-hybridized carbons (Fsp3) is 0.391. The number of hydrogen-bond donors (Lipinski definition) is 1. The molecule has 0 aromatic heterocycles. The maximum atomic E-state index is 12.6. The first-order valence-corrected chi connectivity index (χ1v) is 11.2. The van der Waals surface area contributed by atoms with Crippen LogP contribution >= 0.6 is 11.8 Å². The van der Waals surface area contributed by atoms with Crippen LogP contribution in [0.2, 0.25) is 0 Å². The van der Waals surface area contributed by atoms with Crippen LogP contribution in [0.4, 0.5) is 11.4 Å². The fourth-order valence-electron chi connectivity index (χ4n) is 3.54. The minimum absolute atomic E-state index is 0.0908. The van der Waals surface area contributed by atoms with Crippen molar-refractivity contribution < 1.29 is 9.53 Å². The molecule has 152 valence electrons. The Labute approximate surface area is 176 Å². The van der Waals surface area contributed by atoms with Crippen LogP contribution in [0.15, 0.2) is 53.6 Å². The van der Waals surface area contributed by atoms with Crippen molar-refractivity contribution >= 4 is 34.8 Å². The van der Waals surface area contributed by atoms with Crippen LogP contribution in [-0.2, 0) is 10.5 Å². The summed E-state index contributed by atoms with van der Waals surface area (Å²) in [4.78, 5) is 12.6. The van der Waals surface area contributed by atoms with Gasteiger partial charge in [0.2, 0.25) is 0 Å². The number of rotatable bonds is 6. The van der Waals surface area contributed by atoms with Crippen LogP contribution in [0.1, 0.15) is 42.1 Å². The topological polar surface area (TPSA) is 53.9 Å². The molecule has 0 spiro atoms. The number of carbonyl (C=O) groups excluding carboxylic acids is 1. The molecule has 4 rings (SSSR count). The van der Waals surface area contributed by atoms with Crippen LogP contribution in [-0.4, -0.2) is 36.6 Å². The molecule has 2 aromatic rings. The van der Waals surface area contributed by atoms with Gasteiger partial charge in [0.15, 0.2) is 0 Å². The lowest BCUT2D eigenvalue weighted by atomic mass is 10.1. The molecule has 1 fully saturated rings. The van der Waals surface area contributed by atoms with E-state index in [4.69, 9.17) is 4.74 Å². The minimum atomic E-state index is -0.0908. The zero-order chi connectivity index (χ0) is 20.1. The SMILES string of the molecule is CC1=NN(c2ccc(C(=O)Nc3cccc(CSC4CCOCC4)c3)cc2)CC1. The molecule has 0 unspecified atom stereocenters. The van der Waals surface area contributed by atoms with E-state index >= 15 is 0 Å². The maximum absolute atomic E-state index is 12.6. The van der Waals surface area contributed by atoms with E-state index in [-0.39, 0.29) is 5.91 Å². The number of hydrazone groups is 1. The molecule has 1 saturated heterocycles. The number of thioether (sulfide) groups is 1. The number of nitrogens with one attached hydrogen (secondary N) is 1. The Hall–Kier alpha value is -2.31. The Bertz CT molecular complexity index is 876. The summed E-state index contributed by atoms with van der Waals surface area (Å²) in [7, 11) is 0. The van der Waals surface area contributed by atoms with Gasteiger partial charge in [0.05, 0.1) is 5.69 Å². The Balaban J connectivity index is 1.34. The van der Waals surface area contributed by atoms with Crippen molar-refractivity contribution in [3.8, 4) is 0 Å². The molecule has 29 heavy (non-hydrogen) atoms. The summed E-state index contributed by atoms with van der Waals surface area (Å²) in [5.74, 6) is 0.866. The number of anilines is 2. The smallest absolute Gasteiger partial charge is 0.255 e. The second-order valence-corrected chi connectivity index (χ2v) is 8.82. The molecular weight excluding hydrogens is 382 g/mol. The molecule has 1 N–H and O–H groups in total. The second kappa shape index (κ2) is 9.46. The highest BCUT2D eigenvalue weighted by molar-refractivity contribution is 7.99. The number of nitrogens with zero attached hydrogens (tertiary/aromatic N) is 2. The van der Waals surface area contributed by atoms with Crippen molar-refractivity contribution in [3.05, 3.63) is 59.7 Å². The molecule has 2 heterocycles. The van der Waals surface area contributed by atoms with E-state index in [1.807, 2.05) is 60.1 Å². The number of amides is 1. The van der Waals surface area contributed by atoms with Crippen molar-refractivity contribution in [2.75, 3.05) is 30.1 Å². The third-order valence-electron chi connectivity index (χ3n) is 5.24. The van der Waals surface area contributed by atoms with Crippen LogP contribution in [0.25, 0.3) is 0 Å². The number of carbonyl (C=O) groups is 1. The van der Waals surface area contributed by atoms with Crippen LogP contribution in [0, 0.1) is 0 Å². The third-order valence-corrected chi connectivity index (χ3v) is 6.69. The zero-order valence-electron chi connectivity index (χ0n) is 16.8. The highest BCUT2D eigenvalue weighted by atomic mass is 32.2. The third kappa shape index (κ3) is 5.40. The van der Waals surface area contributed by atoms with E-state index < -0.39 is 0 Å². The van der Waals surface area contributed by atoms with Gasteiger partial charge in [-0.1, -0.05) is 12.1 Å². The molecule has 2 aliphatic rings. The van der Waals surface area contributed by atoms with Gasteiger partial charge in [-0.2, -0.15) is 16.9 Å². The lowest BCUT2D eigenvalue weighted by Gasteiger charge is -2.21. The van der Waals surface area contributed by atoms with Crippen LogP contribution in [0.5, 0.6) is 0 Å². The largest absolute Gasteiger partial charge is 0.381 e. The first kappa shape index (κ1) is 20.0. The molecule has 0 bridgehead atoms. The van der Waals surface area contributed by atoms with Crippen molar-refractivity contribution in [3.63, 3.8) is 0 Å². The summed E-state index contributed by atoms with van der Waals surface area (Å²) < 4.78 is 5.43. The number of ether oxygens (including phenoxy) is 1. The molecule has 1 amide bonds. The normalized spacial score (nSPS) is 17.3. The molecule has 0 saturated carbocycles. The Morgan fingerprint density at radius 2 is 2.00 bits per heavy atom. The first-order chi connectivity index (χ1) is 14.2. The molecule has 2 aromatic carbocycles. The standard InChI is InChI=1S/C23H27N3O2S/c1-17-9-12-26(25-17)21-7-5-19(6-8-21)23(27)24-20-4-2-3-18(15-20)16-29-22-10-13-28-14-11-22/h2-8,15,22H,9-14,16H2,1H3,(H,24,27). The summed E-state index contributed by atoms with van der Waals surface area (Å²) in [6.07, 6.45) is 3.24. The number of hydrogen-bond acceptors (Lipinski definition) is 5. The van der Waals surface area contributed by atoms with E-state index in [1.54, 1.807) is 0 Å². The summed E-state index contributed by atoms with van der Waals surface area (Å²) in [5.41, 5.74) is 4.88. The molecule has 6 heteroatoms. The molecular formula is C23H27N3O2S. The van der Waals surface area contributed by atoms with Crippen molar-refractivity contribution in [1.82, 2.24) is 0 Å². The Morgan fingerprint density at radius 3 is 2.72 bits per heavy atom. The van der Waals surface area contributed by atoms with E-state index in [0.717, 1.165) is 61.9 Å². The molecule has 0 radical (unpaired) electrons. The Kier molecular flexibility index (Phi) is 6.52.